The maximum absolute atomic E-state index is 11.2. The number of hydrogen-bond acceptors (Lipinski definition) is 5. The molecule has 0 unspecified atom stereocenters. The number of carbonyl (C=O) groups is 1. The van der Waals surface area contributed by atoms with Crippen LogP contribution in [0.5, 0.6) is 0 Å². The van der Waals surface area contributed by atoms with Gasteiger partial charge in [0.1, 0.15) is 6.33 Å². The highest BCUT2D eigenvalue weighted by Crippen LogP contribution is 2.08. The molecule has 2 rings (SSSR count). The van der Waals surface area contributed by atoms with Crippen LogP contribution in [0.15, 0.2) is 18.7 Å². The average Bonchev–Trinajstić information content (AvgIpc) is 2.78. The van der Waals surface area contributed by atoms with Gasteiger partial charge in [-0.2, -0.15) is 0 Å². The monoisotopic (exact) mass is 234 g/mol. The Hall–Kier alpha value is -2.18. The predicted octanol–water partition coefficient (Wildman–Crippen LogP) is 0.0624. The molecule has 0 bridgehead atoms. The van der Waals surface area contributed by atoms with Crippen LogP contribution in [-0.4, -0.2) is 38.6 Å². The maximum Gasteiger partial charge on any atom is 0.221 e. The molecule has 2 N–H and O–H groups in total. The Kier molecular flexibility index (Phi) is 3.49. The Bertz CT molecular complexity index is 508. The summed E-state index contributed by atoms with van der Waals surface area (Å²) in [6.07, 6.45) is 5.44. The first-order chi connectivity index (χ1) is 8.31. The van der Waals surface area contributed by atoms with Crippen LogP contribution in [0.1, 0.15) is 13.3 Å². The molecule has 7 heteroatoms. The highest BCUT2D eigenvalue weighted by atomic mass is 16.1. The van der Waals surface area contributed by atoms with Crippen molar-refractivity contribution in [3.05, 3.63) is 18.7 Å². The lowest BCUT2D eigenvalue weighted by molar-refractivity contribution is -0.120. The number of rotatable bonds is 5. The van der Waals surface area contributed by atoms with Crippen molar-refractivity contribution in [1.29, 1.82) is 0 Å². The lowest BCUT2D eigenvalue weighted by Crippen LogP contribution is -2.24. The summed E-state index contributed by atoms with van der Waals surface area (Å²) in [5.74, 6) is 0.655. The lowest BCUT2D eigenvalue weighted by Gasteiger charge is -2.05. The molecule has 0 aliphatic heterocycles. The fraction of sp³-hybridized carbons (Fsp3) is 0.400. The number of hydrogen-bond donors (Lipinski definition) is 2. The van der Waals surface area contributed by atoms with Crippen molar-refractivity contribution in [2.24, 2.45) is 0 Å². The van der Waals surface area contributed by atoms with E-state index in [-0.39, 0.29) is 5.91 Å². The largest absolute Gasteiger partial charge is 0.366 e. The van der Waals surface area contributed by atoms with E-state index in [0.29, 0.717) is 31.0 Å². The standard InChI is InChI=1S/C10H14N6O/c1-2-11-8(17)3-4-12-9-10-15-14-7-16(10)6-5-13-9/h5-7H,2-4H2,1H3,(H,11,17)(H,12,13). The van der Waals surface area contributed by atoms with E-state index in [2.05, 4.69) is 25.8 Å². The van der Waals surface area contributed by atoms with Gasteiger partial charge in [0.2, 0.25) is 11.6 Å². The van der Waals surface area contributed by atoms with E-state index in [1.54, 1.807) is 23.1 Å². The van der Waals surface area contributed by atoms with E-state index in [0.717, 1.165) is 0 Å². The Morgan fingerprint density at radius 3 is 3.24 bits per heavy atom. The molecule has 7 nitrogen and oxygen atoms in total. The minimum Gasteiger partial charge on any atom is -0.366 e. The van der Waals surface area contributed by atoms with Gasteiger partial charge in [0.05, 0.1) is 0 Å². The van der Waals surface area contributed by atoms with Crippen molar-refractivity contribution in [2.75, 3.05) is 18.4 Å². The van der Waals surface area contributed by atoms with Gasteiger partial charge in [-0.05, 0) is 6.92 Å². The number of fused-ring (bicyclic) bond motifs is 1. The molecule has 0 aliphatic rings. The molecule has 90 valence electrons. The summed E-state index contributed by atoms with van der Waals surface area (Å²) in [5, 5.41) is 13.5. The number of anilines is 1. The lowest BCUT2D eigenvalue weighted by atomic mass is 10.4. The Balaban J connectivity index is 1.95. The van der Waals surface area contributed by atoms with Gasteiger partial charge in [0.25, 0.3) is 0 Å². The van der Waals surface area contributed by atoms with Gasteiger partial charge in [0.15, 0.2) is 5.82 Å². The smallest absolute Gasteiger partial charge is 0.221 e. The van der Waals surface area contributed by atoms with Crippen LogP contribution >= 0.6 is 0 Å². The van der Waals surface area contributed by atoms with Crippen LogP contribution in [0.3, 0.4) is 0 Å². The van der Waals surface area contributed by atoms with Crippen LogP contribution in [0.4, 0.5) is 5.82 Å². The van der Waals surface area contributed by atoms with Crippen molar-refractivity contribution >= 4 is 17.4 Å². The Morgan fingerprint density at radius 2 is 2.41 bits per heavy atom. The fourth-order valence-corrected chi connectivity index (χ4v) is 1.46. The highest BCUT2D eigenvalue weighted by Gasteiger charge is 2.04. The zero-order valence-electron chi connectivity index (χ0n) is 9.55. The summed E-state index contributed by atoms with van der Waals surface area (Å²) in [5.41, 5.74) is 0.656. The number of nitrogens with zero attached hydrogens (tertiary/aromatic N) is 4. The van der Waals surface area contributed by atoms with Gasteiger partial charge >= 0.3 is 0 Å². The summed E-state index contributed by atoms with van der Waals surface area (Å²) in [4.78, 5) is 15.4. The van der Waals surface area contributed by atoms with Gasteiger partial charge in [-0.25, -0.2) is 4.98 Å². The van der Waals surface area contributed by atoms with Gasteiger partial charge < -0.3 is 10.6 Å². The molecule has 2 aromatic rings. The van der Waals surface area contributed by atoms with Gasteiger partial charge in [-0.3, -0.25) is 9.20 Å². The fourth-order valence-electron chi connectivity index (χ4n) is 1.46. The van der Waals surface area contributed by atoms with Crippen molar-refractivity contribution in [3.63, 3.8) is 0 Å². The van der Waals surface area contributed by atoms with E-state index >= 15 is 0 Å². The Labute approximate surface area is 98.3 Å². The van der Waals surface area contributed by atoms with E-state index in [1.807, 2.05) is 6.92 Å². The molecule has 0 fully saturated rings. The van der Waals surface area contributed by atoms with Crippen molar-refractivity contribution in [2.45, 2.75) is 13.3 Å². The minimum atomic E-state index is 0.0217. The molecule has 2 aromatic heterocycles. The summed E-state index contributed by atoms with van der Waals surface area (Å²) >= 11 is 0. The first-order valence-corrected chi connectivity index (χ1v) is 5.46. The molecule has 0 saturated carbocycles. The first kappa shape index (κ1) is 11.3. The van der Waals surface area contributed by atoms with Gasteiger partial charge in [-0.15, -0.1) is 10.2 Å². The van der Waals surface area contributed by atoms with Gasteiger partial charge in [-0.1, -0.05) is 0 Å². The molecule has 0 aromatic carbocycles. The van der Waals surface area contributed by atoms with Crippen molar-refractivity contribution in [1.82, 2.24) is 24.9 Å². The molecule has 0 aliphatic carbocycles. The topological polar surface area (TPSA) is 84.2 Å². The van der Waals surface area contributed by atoms with Crippen LogP contribution < -0.4 is 10.6 Å². The van der Waals surface area contributed by atoms with E-state index in [9.17, 15) is 4.79 Å². The summed E-state index contributed by atoms with van der Waals surface area (Å²) in [7, 11) is 0. The molecule has 0 atom stereocenters. The zero-order valence-corrected chi connectivity index (χ0v) is 9.55. The normalized spacial score (nSPS) is 10.4. The minimum absolute atomic E-state index is 0.0217. The van der Waals surface area contributed by atoms with Crippen molar-refractivity contribution < 1.29 is 4.79 Å². The molecule has 0 radical (unpaired) electrons. The van der Waals surface area contributed by atoms with E-state index in [4.69, 9.17) is 0 Å². The summed E-state index contributed by atoms with van der Waals surface area (Å²) < 4.78 is 1.77. The molecular formula is C10H14N6O. The van der Waals surface area contributed by atoms with E-state index in [1.165, 1.54) is 0 Å². The second-order valence-electron chi connectivity index (χ2n) is 3.47. The number of amides is 1. The van der Waals surface area contributed by atoms with Crippen molar-refractivity contribution in [3.8, 4) is 0 Å². The molecule has 0 saturated heterocycles. The Morgan fingerprint density at radius 1 is 1.53 bits per heavy atom. The molecule has 1 amide bonds. The third kappa shape index (κ3) is 2.68. The van der Waals surface area contributed by atoms with Gasteiger partial charge in [0, 0.05) is 31.9 Å². The third-order valence-corrected chi connectivity index (χ3v) is 2.23. The first-order valence-electron chi connectivity index (χ1n) is 5.46. The summed E-state index contributed by atoms with van der Waals surface area (Å²) in [6.45, 7) is 3.06. The van der Waals surface area contributed by atoms with Crippen LogP contribution in [0.2, 0.25) is 0 Å². The van der Waals surface area contributed by atoms with Crippen LogP contribution in [0.25, 0.3) is 5.65 Å². The third-order valence-electron chi connectivity index (χ3n) is 2.23. The number of carbonyl (C=O) groups excluding carboxylic acids is 1. The van der Waals surface area contributed by atoms with Crippen LogP contribution in [0, 0.1) is 0 Å². The molecule has 2 heterocycles. The second-order valence-corrected chi connectivity index (χ2v) is 3.47. The highest BCUT2D eigenvalue weighted by molar-refractivity contribution is 5.76. The molecule has 17 heavy (non-hydrogen) atoms. The molecule has 0 spiro atoms. The molecular weight excluding hydrogens is 220 g/mol. The quantitative estimate of drug-likeness (QED) is 0.764. The maximum atomic E-state index is 11.2. The average molecular weight is 234 g/mol. The number of nitrogens with one attached hydrogen (secondary N) is 2. The number of aromatic nitrogens is 4. The predicted molar refractivity (Wildman–Crippen MR) is 62.6 cm³/mol. The zero-order chi connectivity index (χ0) is 12.1. The summed E-state index contributed by atoms with van der Waals surface area (Å²) in [6, 6.07) is 0. The SMILES string of the molecule is CCNC(=O)CCNc1nccn2cnnc12. The van der Waals surface area contributed by atoms with E-state index < -0.39 is 0 Å². The van der Waals surface area contributed by atoms with Crippen LogP contribution in [-0.2, 0) is 4.79 Å². The second kappa shape index (κ2) is 5.24.